The third kappa shape index (κ3) is 5.15. The van der Waals surface area contributed by atoms with E-state index in [-0.39, 0.29) is 15.5 Å². The number of hydrogen-bond acceptors (Lipinski definition) is 5. The van der Waals surface area contributed by atoms with Crippen LogP contribution in [-0.4, -0.2) is 20.5 Å². The van der Waals surface area contributed by atoms with Crippen LogP contribution in [0.4, 0.5) is 5.69 Å². The maximum absolute atomic E-state index is 12.4. The SMILES string of the molecule is O=C(N/N=C/C=C/c1ccccc1)c1ccccc1NS(=O)(=O)c1cccs1. The first kappa shape index (κ1) is 19.5. The largest absolute Gasteiger partial charge is 0.278 e. The molecule has 6 nitrogen and oxygen atoms in total. The molecule has 1 amide bonds. The van der Waals surface area contributed by atoms with Crippen molar-refractivity contribution in [2.75, 3.05) is 4.72 Å². The molecular formula is C20H17N3O3S2. The van der Waals surface area contributed by atoms with Crippen molar-refractivity contribution in [1.29, 1.82) is 0 Å². The Hall–Kier alpha value is -3.23. The monoisotopic (exact) mass is 411 g/mol. The van der Waals surface area contributed by atoms with E-state index < -0.39 is 15.9 Å². The van der Waals surface area contributed by atoms with Crippen LogP contribution in [0.3, 0.4) is 0 Å². The lowest BCUT2D eigenvalue weighted by molar-refractivity contribution is 0.0956. The second-order valence-corrected chi connectivity index (χ2v) is 8.43. The van der Waals surface area contributed by atoms with Crippen LogP contribution in [-0.2, 0) is 10.0 Å². The number of thiophene rings is 1. The molecule has 0 aliphatic carbocycles. The molecular weight excluding hydrogens is 394 g/mol. The number of benzene rings is 2. The number of nitrogens with zero attached hydrogens (tertiary/aromatic N) is 1. The van der Waals surface area contributed by atoms with Crippen LogP contribution in [0.25, 0.3) is 6.08 Å². The Morgan fingerprint density at radius 1 is 0.964 bits per heavy atom. The normalized spacial score (nSPS) is 11.7. The molecule has 1 aromatic heterocycles. The molecule has 0 radical (unpaired) electrons. The first-order chi connectivity index (χ1) is 13.6. The summed E-state index contributed by atoms with van der Waals surface area (Å²) in [6.45, 7) is 0. The second kappa shape index (κ2) is 9.12. The third-order valence-corrected chi connectivity index (χ3v) is 6.35. The highest BCUT2D eigenvalue weighted by molar-refractivity contribution is 7.94. The summed E-state index contributed by atoms with van der Waals surface area (Å²) < 4.78 is 27.4. The molecule has 0 unspecified atom stereocenters. The average molecular weight is 412 g/mol. The van der Waals surface area contributed by atoms with Gasteiger partial charge in [-0.1, -0.05) is 54.6 Å². The molecule has 0 aliphatic rings. The van der Waals surface area contributed by atoms with Crippen LogP contribution in [0.2, 0.25) is 0 Å². The van der Waals surface area contributed by atoms with Gasteiger partial charge in [0.25, 0.3) is 15.9 Å². The number of nitrogens with one attached hydrogen (secondary N) is 2. The maximum atomic E-state index is 12.4. The smallest absolute Gasteiger partial charge is 0.273 e. The fourth-order valence-corrected chi connectivity index (χ4v) is 4.37. The summed E-state index contributed by atoms with van der Waals surface area (Å²) in [5, 5.41) is 5.54. The Morgan fingerprint density at radius 3 is 2.46 bits per heavy atom. The summed E-state index contributed by atoms with van der Waals surface area (Å²) in [6, 6.07) is 19.2. The summed E-state index contributed by atoms with van der Waals surface area (Å²) in [7, 11) is -3.75. The van der Waals surface area contributed by atoms with Gasteiger partial charge in [-0.25, -0.2) is 13.8 Å². The molecule has 0 saturated carbocycles. The van der Waals surface area contributed by atoms with Gasteiger partial charge in [0.05, 0.1) is 11.3 Å². The van der Waals surface area contributed by atoms with Crippen LogP contribution in [0.5, 0.6) is 0 Å². The number of hydrazone groups is 1. The molecule has 2 N–H and O–H groups in total. The number of amides is 1. The number of para-hydroxylation sites is 1. The van der Waals surface area contributed by atoms with E-state index in [1.165, 1.54) is 24.4 Å². The minimum absolute atomic E-state index is 0.173. The van der Waals surface area contributed by atoms with Crippen LogP contribution >= 0.6 is 11.3 Å². The van der Waals surface area contributed by atoms with E-state index in [9.17, 15) is 13.2 Å². The van der Waals surface area contributed by atoms with Gasteiger partial charge >= 0.3 is 0 Å². The Bertz CT molecular complexity index is 1090. The fourth-order valence-electron chi connectivity index (χ4n) is 2.30. The molecule has 0 atom stereocenters. The Balaban J connectivity index is 1.67. The quantitative estimate of drug-likeness (QED) is 0.455. The number of carbonyl (C=O) groups is 1. The lowest BCUT2D eigenvalue weighted by Crippen LogP contribution is -2.21. The second-order valence-electron chi connectivity index (χ2n) is 5.57. The topological polar surface area (TPSA) is 87.6 Å². The van der Waals surface area contributed by atoms with Gasteiger partial charge in [0.2, 0.25) is 0 Å². The van der Waals surface area contributed by atoms with Crippen molar-refractivity contribution in [3.8, 4) is 0 Å². The number of sulfonamides is 1. The summed E-state index contributed by atoms with van der Waals surface area (Å²) in [4.78, 5) is 12.4. The number of allylic oxidation sites excluding steroid dienone is 1. The Labute approximate surface area is 167 Å². The first-order valence-corrected chi connectivity index (χ1v) is 10.6. The molecule has 3 aromatic rings. The zero-order valence-corrected chi connectivity index (χ0v) is 16.3. The summed E-state index contributed by atoms with van der Waals surface area (Å²) in [6.07, 6.45) is 4.99. The molecule has 2 aromatic carbocycles. The Morgan fingerprint density at radius 2 is 1.71 bits per heavy atom. The highest BCUT2D eigenvalue weighted by Crippen LogP contribution is 2.22. The average Bonchev–Trinajstić information content (AvgIpc) is 3.24. The summed E-state index contributed by atoms with van der Waals surface area (Å²) in [5.74, 6) is -0.520. The molecule has 0 spiro atoms. The zero-order valence-electron chi connectivity index (χ0n) is 14.6. The minimum Gasteiger partial charge on any atom is -0.278 e. The maximum Gasteiger partial charge on any atom is 0.273 e. The van der Waals surface area contributed by atoms with Crippen LogP contribution in [0.1, 0.15) is 15.9 Å². The van der Waals surface area contributed by atoms with Crippen molar-refractivity contribution in [3.05, 3.63) is 89.3 Å². The fraction of sp³-hybridized carbons (Fsp3) is 0. The van der Waals surface area contributed by atoms with Gasteiger partial charge < -0.3 is 0 Å². The van der Waals surface area contributed by atoms with Gasteiger partial charge in [-0.05, 0) is 35.2 Å². The summed E-state index contributed by atoms with van der Waals surface area (Å²) in [5.41, 5.74) is 3.76. The number of hydrogen-bond donors (Lipinski definition) is 2. The highest BCUT2D eigenvalue weighted by atomic mass is 32.2. The van der Waals surface area contributed by atoms with Gasteiger partial charge in [-0.2, -0.15) is 5.10 Å². The predicted octanol–water partition coefficient (Wildman–Crippen LogP) is 3.98. The van der Waals surface area contributed by atoms with Crippen molar-refractivity contribution >= 4 is 45.2 Å². The lowest BCUT2D eigenvalue weighted by Gasteiger charge is -2.10. The van der Waals surface area contributed by atoms with E-state index in [0.29, 0.717) is 0 Å². The standard InChI is InChI=1S/C20H17N3O3S2/c24-20(22-21-14-6-10-16-8-2-1-3-9-16)17-11-4-5-12-18(17)23-28(25,26)19-13-7-15-27-19/h1-15,23H,(H,22,24)/b10-6+,21-14+. The molecule has 1 heterocycles. The van der Waals surface area contributed by atoms with Gasteiger partial charge in [0.15, 0.2) is 0 Å². The number of anilines is 1. The van der Waals surface area contributed by atoms with E-state index in [4.69, 9.17) is 0 Å². The molecule has 8 heteroatoms. The zero-order chi connectivity index (χ0) is 19.8. The van der Waals surface area contributed by atoms with Crippen molar-refractivity contribution in [1.82, 2.24) is 5.43 Å². The summed E-state index contributed by atoms with van der Waals surface area (Å²) >= 11 is 1.10. The molecule has 0 aliphatic heterocycles. The minimum atomic E-state index is -3.75. The Kier molecular flexibility index (Phi) is 6.36. The van der Waals surface area contributed by atoms with E-state index in [2.05, 4.69) is 15.2 Å². The first-order valence-electron chi connectivity index (χ1n) is 8.27. The molecule has 0 saturated heterocycles. The third-order valence-electron chi connectivity index (χ3n) is 3.59. The highest BCUT2D eigenvalue weighted by Gasteiger charge is 2.19. The van der Waals surface area contributed by atoms with Gasteiger partial charge in [0.1, 0.15) is 4.21 Å². The van der Waals surface area contributed by atoms with Crippen molar-refractivity contribution in [3.63, 3.8) is 0 Å². The lowest BCUT2D eigenvalue weighted by atomic mass is 10.2. The van der Waals surface area contributed by atoms with E-state index in [0.717, 1.165) is 16.9 Å². The van der Waals surface area contributed by atoms with Crippen LogP contribution < -0.4 is 10.1 Å². The number of carbonyl (C=O) groups excluding carboxylic acids is 1. The van der Waals surface area contributed by atoms with Gasteiger partial charge in [0, 0.05) is 6.21 Å². The number of rotatable bonds is 7. The van der Waals surface area contributed by atoms with Crippen LogP contribution in [0.15, 0.2) is 87.5 Å². The van der Waals surface area contributed by atoms with Crippen LogP contribution in [0, 0.1) is 0 Å². The van der Waals surface area contributed by atoms with Crippen molar-refractivity contribution in [2.45, 2.75) is 4.21 Å². The molecule has 3 rings (SSSR count). The van der Waals surface area contributed by atoms with Gasteiger partial charge in [-0.3, -0.25) is 9.52 Å². The molecule has 142 valence electrons. The predicted molar refractivity (Wildman–Crippen MR) is 113 cm³/mol. The molecule has 28 heavy (non-hydrogen) atoms. The van der Waals surface area contributed by atoms with Gasteiger partial charge in [-0.15, -0.1) is 11.3 Å². The van der Waals surface area contributed by atoms with Crippen molar-refractivity contribution in [2.24, 2.45) is 5.10 Å². The van der Waals surface area contributed by atoms with E-state index >= 15 is 0 Å². The van der Waals surface area contributed by atoms with E-state index in [1.807, 2.05) is 36.4 Å². The molecule has 0 fully saturated rings. The molecule has 0 bridgehead atoms. The van der Waals surface area contributed by atoms with E-state index in [1.54, 1.807) is 29.7 Å². The van der Waals surface area contributed by atoms with Crippen molar-refractivity contribution < 1.29 is 13.2 Å².